The molecule has 0 bridgehead atoms. The van der Waals surface area contributed by atoms with Crippen molar-refractivity contribution in [2.24, 2.45) is 13.0 Å². The summed E-state index contributed by atoms with van der Waals surface area (Å²) in [6.45, 7) is 7.31. The van der Waals surface area contributed by atoms with Gasteiger partial charge in [0.2, 0.25) is 0 Å². The van der Waals surface area contributed by atoms with Crippen molar-refractivity contribution in [3.05, 3.63) is 18.0 Å². The monoisotopic (exact) mass is 306 g/mol. The summed E-state index contributed by atoms with van der Waals surface area (Å²) in [5.41, 5.74) is 1.29. The topological polar surface area (TPSA) is 44.5 Å². The van der Waals surface area contributed by atoms with Gasteiger partial charge in [-0.25, -0.2) is 0 Å². The molecule has 0 spiro atoms. The van der Waals surface area contributed by atoms with Crippen LogP contribution in [-0.2, 0) is 7.05 Å². The molecule has 2 aliphatic rings. The van der Waals surface area contributed by atoms with Gasteiger partial charge in [-0.3, -0.25) is 9.58 Å². The molecule has 5 heteroatoms. The molecule has 1 aromatic heterocycles. The van der Waals surface area contributed by atoms with E-state index in [9.17, 15) is 5.11 Å². The van der Waals surface area contributed by atoms with Crippen molar-refractivity contribution in [1.29, 1.82) is 0 Å². The minimum absolute atomic E-state index is 0.245. The Morgan fingerprint density at radius 2 is 2.00 bits per heavy atom. The third-order valence-corrected chi connectivity index (χ3v) is 5.26. The first-order valence-corrected chi connectivity index (χ1v) is 8.75. The number of hydrogen-bond acceptors (Lipinski definition) is 4. The Labute approximate surface area is 133 Å². The highest BCUT2D eigenvalue weighted by atomic mass is 16.3. The lowest BCUT2D eigenvalue weighted by Crippen LogP contribution is -2.43. The number of nitrogens with zero attached hydrogens (tertiary/aromatic N) is 4. The van der Waals surface area contributed by atoms with E-state index < -0.39 is 0 Å². The van der Waals surface area contributed by atoms with Gasteiger partial charge >= 0.3 is 0 Å². The summed E-state index contributed by atoms with van der Waals surface area (Å²) < 4.78 is 1.87. The number of aromatic nitrogens is 2. The molecule has 1 aromatic rings. The Morgan fingerprint density at radius 1 is 1.23 bits per heavy atom. The van der Waals surface area contributed by atoms with Crippen molar-refractivity contribution in [2.45, 2.75) is 44.8 Å². The standard InChI is InChI=1S/C17H30N4O/c1-14-5-8-20(9-6-14)12-16(22)13-21-7-3-4-17(21)15-10-18-19(2)11-15/h10-11,14,16-17,22H,3-9,12-13H2,1-2H3. The van der Waals surface area contributed by atoms with Crippen molar-refractivity contribution in [1.82, 2.24) is 19.6 Å². The highest BCUT2D eigenvalue weighted by Crippen LogP contribution is 2.31. The van der Waals surface area contributed by atoms with Crippen molar-refractivity contribution in [3.8, 4) is 0 Å². The van der Waals surface area contributed by atoms with Gasteiger partial charge < -0.3 is 10.0 Å². The second kappa shape index (κ2) is 7.11. The van der Waals surface area contributed by atoms with Gasteiger partial charge in [0, 0.05) is 37.9 Å². The second-order valence-corrected chi connectivity index (χ2v) is 7.24. The first-order chi connectivity index (χ1) is 10.6. The molecule has 1 N–H and O–H groups in total. The van der Waals surface area contributed by atoms with Crippen molar-refractivity contribution in [2.75, 3.05) is 32.7 Å². The van der Waals surface area contributed by atoms with Gasteiger partial charge in [-0.2, -0.15) is 5.10 Å². The van der Waals surface area contributed by atoms with Gasteiger partial charge in [0.15, 0.2) is 0 Å². The van der Waals surface area contributed by atoms with E-state index in [0.717, 1.165) is 38.6 Å². The number of aliphatic hydroxyl groups is 1. The van der Waals surface area contributed by atoms with Gasteiger partial charge in [0.25, 0.3) is 0 Å². The first-order valence-electron chi connectivity index (χ1n) is 8.75. The Bertz CT molecular complexity index is 467. The van der Waals surface area contributed by atoms with Crippen molar-refractivity contribution < 1.29 is 5.11 Å². The van der Waals surface area contributed by atoms with Gasteiger partial charge in [-0.15, -0.1) is 0 Å². The lowest BCUT2D eigenvalue weighted by Gasteiger charge is -2.33. The molecule has 0 aliphatic carbocycles. The van der Waals surface area contributed by atoms with Crippen LogP contribution in [0.1, 0.15) is 44.2 Å². The molecule has 2 fully saturated rings. The van der Waals surface area contributed by atoms with E-state index in [1.807, 2.05) is 17.9 Å². The average molecular weight is 306 g/mol. The molecule has 0 amide bonds. The van der Waals surface area contributed by atoms with Gasteiger partial charge in [-0.05, 0) is 51.2 Å². The van der Waals surface area contributed by atoms with Crippen LogP contribution in [0.5, 0.6) is 0 Å². The number of likely N-dealkylation sites (tertiary alicyclic amines) is 2. The second-order valence-electron chi connectivity index (χ2n) is 7.24. The van der Waals surface area contributed by atoms with Crippen LogP contribution >= 0.6 is 0 Å². The minimum Gasteiger partial charge on any atom is -0.390 e. The number of β-amino-alcohol motifs (C(OH)–C–C–N with tert-alkyl or cyclic N) is 1. The summed E-state index contributed by atoms with van der Waals surface area (Å²) in [4.78, 5) is 4.87. The molecule has 3 rings (SSSR count). The summed E-state index contributed by atoms with van der Waals surface area (Å²) in [5.74, 6) is 0.849. The van der Waals surface area contributed by atoms with Gasteiger partial charge in [0.1, 0.15) is 0 Å². The van der Waals surface area contributed by atoms with Crippen LogP contribution in [0.2, 0.25) is 0 Å². The Balaban J connectivity index is 1.51. The molecule has 5 nitrogen and oxygen atoms in total. The fraction of sp³-hybridized carbons (Fsp3) is 0.824. The SMILES string of the molecule is CC1CCN(CC(O)CN2CCCC2c2cnn(C)c2)CC1. The summed E-state index contributed by atoms with van der Waals surface area (Å²) >= 11 is 0. The molecule has 0 radical (unpaired) electrons. The van der Waals surface area contributed by atoms with Crippen molar-refractivity contribution in [3.63, 3.8) is 0 Å². The number of rotatable bonds is 5. The quantitative estimate of drug-likeness (QED) is 0.898. The Hall–Kier alpha value is -0.910. The summed E-state index contributed by atoms with van der Waals surface area (Å²) in [6.07, 6.45) is 8.78. The summed E-state index contributed by atoms with van der Waals surface area (Å²) in [5, 5.41) is 14.8. The van der Waals surface area contributed by atoms with E-state index >= 15 is 0 Å². The van der Waals surface area contributed by atoms with E-state index in [1.54, 1.807) is 0 Å². The predicted molar refractivity (Wildman–Crippen MR) is 87.6 cm³/mol. The van der Waals surface area contributed by atoms with E-state index in [2.05, 4.69) is 28.0 Å². The van der Waals surface area contributed by atoms with Crippen LogP contribution in [0.15, 0.2) is 12.4 Å². The Morgan fingerprint density at radius 3 is 2.68 bits per heavy atom. The van der Waals surface area contributed by atoms with Crippen LogP contribution in [0.4, 0.5) is 0 Å². The molecule has 0 saturated carbocycles. The zero-order valence-electron chi connectivity index (χ0n) is 14.0. The lowest BCUT2D eigenvalue weighted by molar-refractivity contribution is 0.0576. The van der Waals surface area contributed by atoms with Crippen LogP contribution < -0.4 is 0 Å². The molecule has 2 aliphatic heterocycles. The smallest absolute Gasteiger partial charge is 0.0794 e. The predicted octanol–water partition coefficient (Wildman–Crippen LogP) is 1.65. The summed E-state index contributed by atoms with van der Waals surface area (Å²) in [6, 6.07) is 0.435. The number of aliphatic hydroxyl groups excluding tert-OH is 1. The third-order valence-electron chi connectivity index (χ3n) is 5.26. The Kier molecular flexibility index (Phi) is 5.16. The molecular formula is C17H30N4O. The number of hydrogen-bond donors (Lipinski definition) is 1. The highest BCUT2D eigenvalue weighted by molar-refractivity contribution is 5.12. The highest BCUT2D eigenvalue weighted by Gasteiger charge is 2.29. The van der Waals surface area contributed by atoms with Crippen molar-refractivity contribution >= 4 is 0 Å². The molecule has 3 heterocycles. The van der Waals surface area contributed by atoms with Crippen LogP contribution in [0, 0.1) is 5.92 Å². The van der Waals surface area contributed by atoms with E-state index in [0.29, 0.717) is 6.04 Å². The summed E-state index contributed by atoms with van der Waals surface area (Å²) in [7, 11) is 1.97. The van der Waals surface area contributed by atoms with Crippen LogP contribution in [0.3, 0.4) is 0 Å². The molecule has 2 atom stereocenters. The zero-order valence-corrected chi connectivity index (χ0v) is 14.0. The molecule has 22 heavy (non-hydrogen) atoms. The minimum atomic E-state index is -0.245. The van der Waals surface area contributed by atoms with E-state index in [1.165, 1.54) is 31.2 Å². The van der Waals surface area contributed by atoms with E-state index in [-0.39, 0.29) is 6.10 Å². The first kappa shape index (κ1) is 16.0. The van der Waals surface area contributed by atoms with Crippen LogP contribution in [-0.4, -0.2) is 63.5 Å². The molecule has 2 saturated heterocycles. The average Bonchev–Trinajstić information content (AvgIpc) is 3.10. The van der Waals surface area contributed by atoms with Gasteiger partial charge in [0.05, 0.1) is 12.3 Å². The number of aryl methyl sites for hydroxylation is 1. The fourth-order valence-corrected chi connectivity index (χ4v) is 3.91. The van der Waals surface area contributed by atoms with Gasteiger partial charge in [-0.1, -0.05) is 6.92 Å². The largest absolute Gasteiger partial charge is 0.390 e. The fourth-order valence-electron chi connectivity index (χ4n) is 3.91. The lowest BCUT2D eigenvalue weighted by atomic mass is 9.99. The van der Waals surface area contributed by atoms with Crippen LogP contribution in [0.25, 0.3) is 0 Å². The maximum atomic E-state index is 10.5. The number of piperidine rings is 1. The molecular weight excluding hydrogens is 276 g/mol. The maximum Gasteiger partial charge on any atom is 0.0794 e. The molecule has 0 aromatic carbocycles. The maximum absolute atomic E-state index is 10.5. The third kappa shape index (κ3) is 3.89. The zero-order chi connectivity index (χ0) is 15.5. The van der Waals surface area contributed by atoms with E-state index in [4.69, 9.17) is 0 Å². The normalized spacial score (nSPS) is 26.6. The molecule has 2 unspecified atom stereocenters. The molecule has 124 valence electrons.